The highest BCUT2D eigenvalue weighted by molar-refractivity contribution is 6.01. The van der Waals surface area contributed by atoms with Crippen molar-refractivity contribution in [2.24, 2.45) is 0 Å². The predicted octanol–water partition coefficient (Wildman–Crippen LogP) is 4.14. The molecule has 0 radical (unpaired) electrons. The zero-order valence-corrected chi connectivity index (χ0v) is 14.7. The van der Waals surface area contributed by atoms with E-state index in [1.54, 1.807) is 44.6 Å². The van der Waals surface area contributed by atoms with Crippen molar-refractivity contribution in [3.8, 4) is 17.2 Å². The second-order valence-electron chi connectivity index (χ2n) is 5.31. The number of hydrogen-bond donors (Lipinski definition) is 1. The molecule has 0 bridgehead atoms. The first-order valence-electron chi connectivity index (χ1n) is 8.10. The van der Waals surface area contributed by atoms with E-state index in [0.29, 0.717) is 23.8 Å². The average Bonchev–Trinajstić information content (AvgIpc) is 2.65. The molecule has 2 aromatic rings. The molecule has 5 nitrogen and oxygen atoms in total. The van der Waals surface area contributed by atoms with E-state index in [-0.39, 0.29) is 5.91 Å². The summed E-state index contributed by atoms with van der Waals surface area (Å²) in [6.45, 7) is 2.68. The molecule has 0 atom stereocenters. The number of ether oxygens (including phenoxy) is 3. The Kier molecular flexibility index (Phi) is 6.89. The number of methoxy groups -OCH3 is 2. The van der Waals surface area contributed by atoms with Crippen LogP contribution in [0.1, 0.15) is 18.9 Å². The van der Waals surface area contributed by atoms with E-state index in [0.717, 1.165) is 17.7 Å². The van der Waals surface area contributed by atoms with Crippen molar-refractivity contribution >= 4 is 17.7 Å². The molecule has 25 heavy (non-hydrogen) atoms. The van der Waals surface area contributed by atoms with E-state index in [1.807, 2.05) is 25.1 Å². The molecule has 1 amide bonds. The lowest BCUT2D eigenvalue weighted by Crippen LogP contribution is -2.07. The smallest absolute Gasteiger partial charge is 0.248 e. The number of amides is 1. The van der Waals surface area contributed by atoms with Crippen molar-refractivity contribution in [1.82, 2.24) is 0 Å². The fourth-order valence-electron chi connectivity index (χ4n) is 2.15. The first-order valence-corrected chi connectivity index (χ1v) is 8.10. The summed E-state index contributed by atoms with van der Waals surface area (Å²) in [6, 6.07) is 12.7. The molecule has 0 unspecified atom stereocenters. The average molecular weight is 341 g/mol. The van der Waals surface area contributed by atoms with E-state index >= 15 is 0 Å². The molecule has 0 spiro atoms. The van der Waals surface area contributed by atoms with Gasteiger partial charge in [-0.15, -0.1) is 0 Å². The second kappa shape index (κ2) is 9.37. The van der Waals surface area contributed by atoms with Crippen LogP contribution in [0.2, 0.25) is 0 Å². The van der Waals surface area contributed by atoms with Crippen LogP contribution < -0.4 is 19.5 Å². The van der Waals surface area contributed by atoms with Crippen LogP contribution in [0.15, 0.2) is 48.5 Å². The summed E-state index contributed by atoms with van der Waals surface area (Å²) >= 11 is 0. The molecular weight excluding hydrogens is 318 g/mol. The minimum atomic E-state index is -0.213. The van der Waals surface area contributed by atoms with Crippen LogP contribution in [0.5, 0.6) is 17.2 Å². The maximum absolute atomic E-state index is 12.0. The van der Waals surface area contributed by atoms with E-state index < -0.39 is 0 Å². The normalized spacial score (nSPS) is 10.5. The van der Waals surface area contributed by atoms with Gasteiger partial charge in [0, 0.05) is 11.8 Å². The molecule has 0 saturated heterocycles. The van der Waals surface area contributed by atoms with Crippen molar-refractivity contribution in [3.63, 3.8) is 0 Å². The SMILES string of the molecule is CCCOc1ccc(C=CC(=O)Nc2ccc(OC)cc2)cc1OC. The molecule has 0 aliphatic carbocycles. The highest BCUT2D eigenvalue weighted by atomic mass is 16.5. The van der Waals surface area contributed by atoms with Gasteiger partial charge in [0.1, 0.15) is 5.75 Å². The van der Waals surface area contributed by atoms with Crippen LogP contribution in [0.3, 0.4) is 0 Å². The van der Waals surface area contributed by atoms with Crippen LogP contribution in [0.25, 0.3) is 6.08 Å². The number of nitrogens with one attached hydrogen (secondary N) is 1. The Balaban J connectivity index is 2.00. The van der Waals surface area contributed by atoms with Gasteiger partial charge in [-0.3, -0.25) is 4.79 Å². The lowest BCUT2D eigenvalue weighted by Gasteiger charge is -2.10. The van der Waals surface area contributed by atoms with Gasteiger partial charge < -0.3 is 19.5 Å². The summed E-state index contributed by atoms with van der Waals surface area (Å²) in [5, 5.41) is 2.79. The standard InChI is InChI=1S/C20H23NO4/c1-4-13-25-18-11-5-15(14-19(18)24-3)6-12-20(22)21-16-7-9-17(23-2)10-8-16/h5-12,14H,4,13H2,1-3H3,(H,21,22). The molecule has 0 heterocycles. The number of benzene rings is 2. The van der Waals surface area contributed by atoms with E-state index in [9.17, 15) is 4.79 Å². The van der Waals surface area contributed by atoms with E-state index in [1.165, 1.54) is 6.08 Å². The minimum absolute atomic E-state index is 0.213. The van der Waals surface area contributed by atoms with Crippen LogP contribution in [-0.2, 0) is 4.79 Å². The monoisotopic (exact) mass is 341 g/mol. The number of carbonyl (C=O) groups is 1. The highest BCUT2D eigenvalue weighted by Gasteiger charge is 2.05. The van der Waals surface area contributed by atoms with E-state index in [4.69, 9.17) is 14.2 Å². The van der Waals surface area contributed by atoms with Crippen molar-refractivity contribution in [1.29, 1.82) is 0 Å². The Labute approximate surface area is 148 Å². The molecule has 5 heteroatoms. The number of anilines is 1. The fourth-order valence-corrected chi connectivity index (χ4v) is 2.15. The van der Waals surface area contributed by atoms with E-state index in [2.05, 4.69) is 5.32 Å². The second-order valence-corrected chi connectivity index (χ2v) is 5.31. The molecule has 132 valence electrons. The van der Waals surface area contributed by atoms with Crippen LogP contribution in [0.4, 0.5) is 5.69 Å². The zero-order valence-electron chi connectivity index (χ0n) is 14.7. The fraction of sp³-hybridized carbons (Fsp3) is 0.250. The maximum Gasteiger partial charge on any atom is 0.248 e. The summed E-state index contributed by atoms with van der Waals surface area (Å²) in [5.74, 6) is 1.87. The summed E-state index contributed by atoms with van der Waals surface area (Å²) < 4.78 is 16.0. The Morgan fingerprint density at radius 1 is 1.04 bits per heavy atom. The largest absolute Gasteiger partial charge is 0.497 e. The molecular formula is C20H23NO4. The number of carbonyl (C=O) groups excluding carboxylic acids is 1. The van der Waals surface area contributed by atoms with Gasteiger partial charge in [0.2, 0.25) is 5.91 Å². The zero-order chi connectivity index (χ0) is 18.1. The maximum atomic E-state index is 12.0. The van der Waals surface area contributed by atoms with Crippen molar-refractivity contribution in [2.45, 2.75) is 13.3 Å². The summed E-state index contributed by atoms with van der Waals surface area (Å²) in [6.07, 6.45) is 4.13. The van der Waals surface area contributed by atoms with Crippen LogP contribution in [0, 0.1) is 0 Å². The Hall–Kier alpha value is -2.95. The molecule has 0 fully saturated rings. The summed E-state index contributed by atoms with van der Waals surface area (Å²) in [5.41, 5.74) is 1.56. The molecule has 1 N–H and O–H groups in total. The third-order valence-electron chi connectivity index (χ3n) is 3.43. The number of hydrogen-bond acceptors (Lipinski definition) is 4. The first kappa shape index (κ1) is 18.4. The Morgan fingerprint density at radius 3 is 2.44 bits per heavy atom. The summed E-state index contributed by atoms with van der Waals surface area (Å²) in [4.78, 5) is 12.0. The topological polar surface area (TPSA) is 56.8 Å². The molecule has 0 saturated carbocycles. The third-order valence-corrected chi connectivity index (χ3v) is 3.43. The Morgan fingerprint density at radius 2 is 1.80 bits per heavy atom. The molecule has 0 aliphatic rings. The number of rotatable bonds is 8. The van der Waals surface area contributed by atoms with Gasteiger partial charge in [-0.25, -0.2) is 0 Å². The highest BCUT2D eigenvalue weighted by Crippen LogP contribution is 2.28. The van der Waals surface area contributed by atoms with Crippen LogP contribution >= 0.6 is 0 Å². The van der Waals surface area contributed by atoms with Gasteiger partial charge >= 0.3 is 0 Å². The molecule has 0 aliphatic heterocycles. The predicted molar refractivity (Wildman–Crippen MR) is 99.4 cm³/mol. The quantitative estimate of drug-likeness (QED) is 0.733. The van der Waals surface area contributed by atoms with Gasteiger partial charge in [0.25, 0.3) is 0 Å². The van der Waals surface area contributed by atoms with Gasteiger partial charge in [-0.2, -0.15) is 0 Å². The van der Waals surface area contributed by atoms with Gasteiger partial charge in [-0.05, 0) is 54.5 Å². The van der Waals surface area contributed by atoms with Crippen molar-refractivity contribution in [3.05, 3.63) is 54.1 Å². The van der Waals surface area contributed by atoms with Gasteiger partial charge in [0.15, 0.2) is 11.5 Å². The van der Waals surface area contributed by atoms with Crippen molar-refractivity contribution < 1.29 is 19.0 Å². The van der Waals surface area contributed by atoms with Crippen LogP contribution in [-0.4, -0.2) is 26.7 Å². The van der Waals surface area contributed by atoms with Crippen molar-refractivity contribution in [2.75, 3.05) is 26.1 Å². The lowest BCUT2D eigenvalue weighted by molar-refractivity contribution is -0.111. The first-order chi connectivity index (χ1) is 12.2. The summed E-state index contributed by atoms with van der Waals surface area (Å²) in [7, 11) is 3.20. The molecule has 2 aromatic carbocycles. The van der Waals surface area contributed by atoms with Gasteiger partial charge in [-0.1, -0.05) is 13.0 Å². The minimum Gasteiger partial charge on any atom is -0.497 e. The molecule has 0 aromatic heterocycles. The molecule has 2 rings (SSSR count). The lowest BCUT2D eigenvalue weighted by atomic mass is 10.2. The van der Waals surface area contributed by atoms with Gasteiger partial charge in [0.05, 0.1) is 20.8 Å². The third kappa shape index (κ3) is 5.57. The Bertz CT molecular complexity index is 723.